The van der Waals surface area contributed by atoms with Gasteiger partial charge in [-0.1, -0.05) is 92.7 Å². The lowest BCUT2D eigenvalue weighted by Gasteiger charge is -2.20. The minimum Gasteiger partial charge on any atom is -0.0683 e. The van der Waals surface area contributed by atoms with E-state index >= 15 is 0 Å². The van der Waals surface area contributed by atoms with Gasteiger partial charge in [-0.05, 0) is 247 Å². The maximum absolute atomic E-state index is 2.45. The van der Waals surface area contributed by atoms with Gasteiger partial charge in [-0.2, -0.15) is 0 Å². The minimum atomic E-state index is 1.22. The topological polar surface area (TPSA) is 0 Å². The van der Waals surface area contributed by atoms with Crippen LogP contribution in [-0.4, -0.2) is 0 Å². The second-order valence-electron chi connectivity index (χ2n) is 16.1. The van der Waals surface area contributed by atoms with Crippen LogP contribution in [0.2, 0.25) is 0 Å². The molecule has 0 bridgehead atoms. The molecule has 0 aromatic heterocycles. The Balaban J connectivity index is 0.00000262. The normalized spacial score (nSPS) is 11.0. The molecule has 0 aliphatic rings. The summed E-state index contributed by atoms with van der Waals surface area (Å²) in [6.45, 7) is 30.9. The molecule has 0 saturated carbocycles. The van der Waals surface area contributed by atoms with Crippen molar-refractivity contribution in [1.29, 1.82) is 0 Å². The quantitative estimate of drug-likeness (QED) is 0.160. The van der Waals surface area contributed by atoms with Crippen LogP contribution in [0.25, 0.3) is 66.8 Å². The van der Waals surface area contributed by atoms with Crippen molar-refractivity contribution in [3.63, 3.8) is 0 Å². The highest BCUT2D eigenvalue weighted by Crippen LogP contribution is 2.43. The molecule has 0 amide bonds. The van der Waals surface area contributed by atoms with Crippen LogP contribution in [0.15, 0.2) is 109 Å². The van der Waals surface area contributed by atoms with Gasteiger partial charge in [0.2, 0.25) is 0 Å². The lowest BCUT2D eigenvalue weighted by atomic mass is 9.84. The summed E-state index contributed by atoms with van der Waals surface area (Å²) in [6, 6.07) is 41.9. The molecule has 0 radical (unpaired) electrons. The van der Waals surface area contributed by atoms with Crippen molar-refractivity contribution in [2.45, 2.75) is 96.9 Å². The van der Waals surface area contributed by atoms with Crippen molar-refractivity contribution in [2.24, 2.45) is 0 Å². The summed E-state index contributed by atoms with van der Waals surface area (Å²) < 4.78 is 0. The van der Waals surface area contributed by atoms with E-state index in [2.05, 4.69) is 192 Å². The molecule has 0 aliphatic heterocycles. The van der Waals surface area contributed by atoms with Crippen LogP contribution in [0, 0.1) is 83.1 Å². The molecule has 0 atom stereocenters. The Bertz CT molecular complexity index is 2520. The number of hydrogen-bond acceptors (Lipinski definition) is 0. The third-order valence-corrected chi connectivity index (χ3v) is 12.4. The molecule has 7 rings (SSSR count). The molecule has 0 heteroatoms. The molecule has 0 nitrogen and oxygen atoms in total. The fraction of sp³-hybridized carbons (Fsp3) is 0.250. The SMILES string of the molecule is CC.Cc1cc(-c2cc(-c3cc(-c4ccccc4)cc(-c4cc(C)c(-c5cc(C)c(C)c(C)c5)c(-c5cc(C)c(C)c(C)c5)c4)c3)cc(C)c2C)cc(C)c1C. The fourth-order valence-electron chi connectivity index (χ4n) is 8.21. The molecule has 0 unspecified atom stereocenters. The van der Waals surface area contributed by atoms with Crippen molar-refractivity contribution < 1.29 is 0 Å². The van der Waals surface area contributed by atoms with Gasteiger partial charge in [0, 0.05) is 0 Å². The van der Waals surface area contributed by atoms with Crippen molar-refractivity contribution in [2.75, 3.05) is 0 Å². The van der Waals surface area contributed by atoms with Gasteiger partial charge >= 0.3 is 0 Å². The standard InChI is InChI=1S/C54H54.C2H6/c1-31-19-49(20-32(2)39(31)9)52-29-44(18-37(7)42(52)12)47-26-46(43-16-14-13-15-17-43)27-48(28-47)45-25-38(8)54(51-23-35(5)41(11)36(6)24-51)53(30-45)50-21-33(3)40(10)34(4)22-50;1-2/h13-30H,1-12H3;1-2H3. The Labute approximate surface area is 338 Å². The van der Waals surface area contributed by atoms with Crippen LogP contribution < -0.4 is 0 Å². The molecular formula is C56H60. The van der Waals surface area contributed by atoms with Gasteiger partial charge in [0.1, 0.15) is 0 Å². The van der Waals surface area contributed by atoms with Crippen LogP contribution >= 0.6 is 0 Å². The highest BCUT2D eigenvalue weighted by Gasteiger charge is 2.18. The number of hydrogen-bond donors (Lipinski definition) is 0. The van der Waals surface area contributed by atoms with Gasteiger partial charge in [0.25, 0.3) is 0 Å². The van der Waals surface area contributed by atoms with E-state index in [9.17, 15) is 0 Å². The molecule has 0 saturated heterocycles. The third kappa shape index (κ3) is 7.81. The van der Waals surface area contributed by atoms with Crippen molar-refractivity contribution in [3.05, 3.63) is 176 Å². The average Bonchev–Trinajstić information content (AvgIpc) is 3.19. The largest absolute Gasteiger partial charge is 0.0683 e. The second-order valence-corrected chi connectivity index (χ2v) is 16.1. The zero-order chi connectivity index (χ0) is 40.6. The summed E-state index contributed by atoms with van der Waals surface area (Å²) in [7, 11) is 0. The zero-order valence-corrected chi connectivity index (χ0v) is 36.4. The molecule has 0 aliphatic carbocycles. The first-order chi connectivity index (χ1) is 26.7. The lowest BCUT2D eigenvalue weighted by molar-refractivity contribution is 1.26. The Morgan fingerprint density at radius 1 is 0.232 bits per heavy atom. The van der Waals surface area contributed by atoms with E-state index in [-0.39, 0.29) is 0 Å². The van der Waals surface area contributed by atoms with E-state index in [1.165, 1.54) is 134 Å². The molecule has 0 heterocycles. The monoisotopic (exact) mass is 732 g/mol. The first-order valence-electron chi connectivity index (χ1n) is 20.4. The van der Waals surface area contributed by atoms with Crippen LogP contribution in [0.5, 0.6) is 0 Å². The predicted molar refractivity (Wildman–Crippen MR) is 247 cm³/mol. The maximum Gasteiger partial charge on any atom is -0.00755 e. The summed E-state index contributed by atoms with van der Waals surface area (Å²) >= 11 is 0. The predicted octanol–water partition coefficient (Wildman–Crippen LogP) is 16.4. The molecule has 7 aromatic carbocycles. The number of rotatable bonds is 6. The van der Waals surface area contributed by atoms with Crippen LogP contribution in [-0.2, 0) is 0 Å². The van der Waals surface area contributed by atoms with Gasteiger partial charge in [0.05, 0.1) is 0 Å². The molecular weight excluding hydrogens is 673 g/mol. The lowest BCUT2D eigenvalue weighted by Crippen LogP contribution is -1.97. The highest BCUT2D eigenvalue weighted by atomic mass is 14.2. The molecule has 284 valence electrons. The summed E-state index contributed by atoms with van der Waals surface area (Å²) in [6.07, 6.45) is 0. The van der Waals surface area contributed by atoms with Gasteiger partial charge in [-0.15, -0.1) is 0 Å². The summed E-state index contributed by atoms with van der Waals surface area (Å²) in [5, 5.41) is 0. The second kappa shape index (κ2) is 16.3. The molecule has 0 spiro atoms. The zero-order valence-electron chi connectivity index (χ0n) is 36.4. The highest BCUT2D eigenvalue weighted by molar-refractivity contribution is 5.92. The fourth-order valence-corrected chi connectivity index (χ4v) is 8.21. The molecule has 56 heavy (non-hydrogen) atoms. The van der Waals surface area contributed by atoms with Gasteiger partial charge in [-0.3, -0.25) is 0 Å². The van der Waals surface area contributed by atoms with Crippen LogP contribution in [0.4, 0.5) is 0 Å². The smallest absolute Gasteiger partial charge is 0.00755 e. The van der Waals surface area contributed by atoms with Crippen molar-refractivity contribution in [1.82, 2.24) is 0 Å². The maximum atomic E-state index is 2.45. The molecule has 7 aromatic rings. The third-order valence-electron chi connectivity index (χ3n) is 12.4. The average molecular weight is 733 g/mol. The van der Waals surface area contributed by atoms with E-state index in [1.54, 1.807) is 0 Å². The first-order valence-corrected chi connectivity index (χ1v) is 20.4. The number of benzene rings is 7. The van der Waals surface area contributed by atoms with Crippen molar-refractivity contribution >= 4 is 0 Å². The summed E-state index contributed by atoms with van der Waals surface area (Å²) in [4.78, 5) is 0. The van der Waals surface area contributed by atoms with E-state index in [1.807, 2.05) is 13.8 Å². The first kappa shape index (κ1) is 40.2. The number of aryl methyl sites for hydroxylation is 8. The van der Waals surface area contributed by atoms with Crippen LogP contribution in [0.3, 0.4) is 0 Å². The van der Waals surface area contributed by atoms with Gasteiger partial charge in [-0.25, -0.2) is 0 Å². The van der Waals surface area contributed by atoms with Crippen LogP contribution in [0.1, 0.15) is 80.6 Å². The van der Waals surface area contributed by atoms with Gasteiger partial charge in [0.15, 0.2) is 0 Å². The van der Waals surface area contributed by atoms with E-state index in [4.69, 9.17) is 0 Å². The summed E-state index contributed by atoms with van der Waals surface area (Å²) in [5.74, 6) is 0. The van der Waals surface area contributed by atoms with E-state index in [0.29, 0.717) is 0 Å². The molecule has 0 fully saturated rings. The van der Waals surface area contributed by atoms with Crippen molar-refractivity contribution in [3.8, 4) is 66.8 Å². The minimum absolute atomic E-state index is 1.22. The van der Waals surface area contributed by atoms with Gasteiger partial charge < -0.3 is 0 Å². The Morgan fingerprint density at radius 3 is 0.982 bits per heavy atom. The van der Waals surface area contributed by atoms with E-state index < -0.39 is 0 Å². The summed E-state index contributed by atoms with van der Waals surface area (Å²) in [5.41, 5.74) is 31.1. The Hall–Kier alpha value is -5.46. The van der Waals surface area contributed by atoms with E-state index in [0.717, 1.165) is 0 Å². The Kier molecular flexibility index (Phi) is 11.7. The Morgan fingerprint density at radius 2 is 0.536 bits per heavy atom. The molecule has 0 N–H and O–H groups in total.